The fraction of sp³-hybridized carbons (Fsp3) is 0.219. The first-order valence-electron chi connectivity index (χ1n) is 13.7. The third-order valence-corrected chi connectivity index (χ3v) is 7.75. The van der Waals surface area contributed by atoms with Gasteiger partial charge in [-0.05, 0) is 56.2 Å². The Hall–Kier alpha value is -5.03. The molecule has 1 atom stereocenters. The zero-order valence-corrected chi connectivity index (χ0v) is 24.6. The lowest BCUT2D eigenvalue weighted by Crippen LogP contribution is -2.39. The average Bonchev–Trinajstić information content (AvgIpc) is 3.30. The smallest absolute Gasteiger partial charge is 0.338 e. The van der Waals surface area contributed by atoms with Gasteiger partial charge in [-0.1, -0.05) is 59.9 Å². The minimum atomic E-state index is -0.685. The predicted molar refractivity (Wildman–Crippen MR) is 162 cm³/mol. The third kappa shape index (κ3) is 6.12. The highest BCUT2D eigenvalue weighted by Crippen LogP contribution is 2.32. The van der Waals surface area contributed by atoms with Gasteiger partial charge in [0.25, 0.3) is 11.2 Å². The molecule has 0 amide bonds. The molecule has 2 heterocycles. The maximum absolute atomic E-state index is 13.9. The van der Waals surface area contributed by atoms with Crippen LogP contribution in [0.15, 0.2) is 93.9 Å². The van der Waals surface area contributed by atoms with E-state index in [2.05, 4.69) is 4.99 Å². The second-order valence-electron chi connectivity index (χ2n) is 9.53. The summed E-state index contributed by atoms with van der Waals surface area (Å²) >= 11 is 1.23. The molecule has 220 valence electrons. The lowest BCUT2D eigenvalue weighted by molar-refractivity contribution is -0.385. The monoisotopic (exact) mass is 599 g/mol. The first-order chi connectivity index (χ1) is 20.8. The van der Waals surface area contributed by atoms with E-state index in [-0.39, 0.29) is 24.5 Å². The van der Waals surface area contributed by atoms with Gasteiger partial charge in [0.05, 0.1) is 45.5 Å². The Morgan fingerprint density at radius 2 is 1.77 bits per heavy atom. The molecule has 3 aromatic carbocycles. The normalized spacial score (nSPS) is 14.6. The van der Waals surface area contributed by atoms with E-state index < -0.39 is 16.9 Å². The Morgan fingerprint density at radius 1 is 1.02 bits per heavy atom. The lowest BCUT2D eigenvalue weighted by Gasteiger charge is -2.24. The molecule has 0 saturated carbocycles. The fourth-order valence-electron chi connectivity index (χ4n) is 4.86. The summed E-state index contributed by atoms with van der Waals surface area (Å²) in [6, 6.07) is 20.3. The molecule has 1 aliphatic rings. The summed E-state index contributed by atoms with van der Waals surface area (Å²) in [6.07, 6.45) is 1.74. The van der Waals surface area contributed by atoms with Gasteiger partial charge in [0.15, 0.2) is 16.3 Å². The molecule has 1 aliphatic heterocycles. The van der Waals surface area contributed by atoms with Crippen LogP contribution in [0.3, 0.4) is 0 Å². The van der Waals surface area contributed by atoms with Crippen molar-refractivity contribution in [2.24, 2.45) is 4.99 Å². The predicted octanol–water partition coefficient (Wildman–Crippen LogP) is 4.68. The number of esters is 1. The second-order valence-corrected chi connectivity index (χ2v) is 10.5. The number of aromatic nitrogens is 1. The summed E-state index contributed by atoms with van der Waals surface area (Å²) in [6.45, 7) is 5.86. The number of thiazole rings is 1. The van der Waals surface area contributed by atoms with Gasteiger partial charge in [0, 0.05) is 6.07 Å². The van der Waals surface area contributed by atoms with Gasteiger partial charge in [-0.25, -0.2) is 9.79 Å². The van der Waals surface area contributed by atoms with Crippen LogP contribution in [0.25, 0.3) is 6.08 Å². The minimum absolute atomic E-state index is 0.0171. The van der Waals surface area contributed by atoms with Crippen LogP contribution < -0.4 is 24.4 Å². The number of para-hydroxylation sites is 1. The van der Waals surface area contributed by atoms with Gasteiger partial charge < -0.3 is 14.2 Å². The van der Waals surface area contributed by atoms with Crippen LogP contribution in [0.4, 0.5) is 5.69 Å². The van der Waals surface area contributed by atoms with E-state index >= 15 is 0 Å². The molecule has 0 saturated heterocycles. The Balaban J connectivity index is 1.53. The number of carbonyl (C=O) groups is 1. The Labute approximate surface area is 251 Å². The first-order valence-corrected chi connectivity index (χ1v) is 14.5. The van der Waals surface area contributed by atoms with E-state index in [9.17, 15) is 19.7 Å². The number of hydrogen-bond acceptors (Lipinski definition) is 9. The number of carbonyl (C=O) groups excluding carboxylic acids is 1. The summed E-state index contributed by atoms with van der Waals surface area (Å²) in [4.78, 5) is 42.9. The van der Waals surface area contributed by atoms with Gasteiger partial charge in [0.1, 0.15) is 6.61 Å². The SMILES string of the molecule is CCOC(=O)C1=C(C)N=c2sc(=Cc3ccc(OCc4ccccc4[N+](=O)[O-])c(OCC)c3)c(=O)n2C1c1ccccc1. The highest BCUT2D eigenvalue weighted by atomic mass is 32.1. The summed E-state index contributed by atoms with van der Waals surface area (Å²) < 4.78 is 19.0. The average molecular weight is 600 g/mol. The molecule has 43 heavy (non-hydrogen) atoms. The van der Waals surface area contributed by atoms with Crippen molar-refractivity contribution >= 4 is 29.1 Å². The molecule has 0 aliphatic carbocycles. The van der Waals surface area contributed by atoms with Crippen molar-refractivity contribution in [2.75, 3.05) is 13.2 Å². The van der Waals surface area contributed by atoms with Crippen molar-refractivity contribution in [3.63, 3.8) is 0 Å². The summed E-state index contributed by atoms with van der Waals surface area (Å²) in [7, 11) is 0. The molecule has 0 radical (unpaired) electrons. The van der Waals surface area contributed by atoms with Crippen LogP contribution in [0, 0.1) is 10.1 Å². The van der Waals surface area contributed by atoms with Crippen LogP contribution in [-0.2, 0) is 16.1 Å². The fourth-order valence-corrected chi connectivity index (χ4v) is 5.91. The molecule has 0 spiro atoms. The highest BCUT2D eigenvalue weighted by molar-refractivity contribution is 7.07. The number of nitrogens with zero attached hydrogens (tertiary/aromatic N) is 3. The molecule has 1 aromatic heterocycles. The first kappa shape index (κ1) is 29.5. The molecule has 4 aromatic rings. The van der Waals surface area contributed by atoms with Crippen molar-refractivity contribution in [3.8, 4) is 11.5 Å². The van der Waals surface area contributed by atoms with Crippen LogP contribution in [0.1, 0.15) is 43.5 Å². The minimum Gasteiger partial charge on any atom is -0.490 e. The number of hydrogen-bond donors (Lipinski definition) is 0. The maximum atomic E-state index is 13.9. The number of rotatable bonds is 10. The Morgan fingerprint density at radius 3 is 2.49 bits per heavy atom. The lowest BCUT2D eigenvalue weighted by atomic mass is 9.96. The molecule has 0 fully saturated rings. The van der Waals surface area contributed by atoms with Crippen LogP contribution in [0.2, 0.25) is 0 Å². The number of nitro benzene ring substituents is 1. The molecular formula is C32H29N3O7S. The maximum Gasteiger partial charge on any atom is 0.338 e. The molecule has 5 rings (SSSR count). The number of fused-ring (bicyclic) bond motifs is 1. The zero-order chi connectivity index (χ0) is 30.5. The standard InChI is InChI=1S/C32H29N3O7S/c1-4-40-26-17-21(15-16-25(26)42-19-23-13-9-10-14-24(23)35(38)39)18-27-30(36)34-29(22-11-7-6-8-12-22)28(31(37)41-5-2)20(3)33-32(34)43-27/h6-18,29H,4-5,19H2,1-3H3. The van der Waals surface area contributed by atoms with Crippen LogP contribution in [0.5, 0.6) is 11.5 Å². The molecular weight excluding hydrogens is 570 g/mol. The number of allylic oxidation sites excluding steroid dienone is 1. The van der Waals surface area contributed by atoms with Crippen molar-refractivity contribution < 1.29 is 23.9 Å². The molecule has 1 unspecified atom stereocenters. The molecule has 0 bridgehead atoms. The van der Waals surface area contributed by atoms with Gasteiger partial charge in [0.2, 0.25) is 0 Å². The number of ether oxygens (including phenoxy) is 3. The molecule has 10 nitrogen and oxygen atoms in total. The van der Waals surface area contributed by atoms with E-state index in [1.54, 1.807) is 60.9 Å². The second kappa shape index (κ2) is 12.9. The Kier molecular flexibility index (Phi) is 8.82. The van der Waals surface area contributed by atoms with Gasteiger partial charge >= 0.3 is 5.97 Å². The van der Waals surface area contributed by atoms with Crippen molar-refractivity contribution in [2.45, 2.75) is 33.4 Å². The zero-order valence-electron chi connectivity index (χ0n) is 23.8. The van der Waals surface area contributed by atoms with Crippen molar-refractivity contribution in [3.05, 3.63) is 131 Å². The third-order valence-electron chi connectivity index (χ3n) is 6.77. The quantitative estimate of drug-likeness (QED) is 0.147. The van der Waals surface area contributed by atoms with E-state index in [1.807, 2.05) is 37.3 Å². The highest BCUT2D eigenvalue weighted by Gasteiger charge is 2.33. The summed E-state index contributed by atoms with van der Waals surface area (Å²) in [5.74, 6) is 0.340. The molecule has 0 N–H and O–H groups in total. The summed E-state index contributed by atoms with van der Waals surface area (Å²) in [5.41, 5.74) is 2.40. The number of benzene rings is 3. The largest absolute Gasteiger partial charge is 0.490 e. The Bertz CT molecular complexity index is 1890. The van der Waals surface area contributed by atoms with E-state index in [1.165, 1.54) is 17.4 Å². The van der Waals surface area contributed by atoms with Crippen molar-refractivity contribution in [1.29, 1.82) is 0 Å². The van der Waals surface area contributed by atoms with Gasteiger partial charge in [-0.3, -0.25) is 19.5 Å². The summed E-state index contributed by atoms with van der Waals surface area (Å²) in [5, 5.41) is 11.4. The van der Waals surface area contributed by atoms with Gasteiger partial charge in [-0.2, -0.15) is 0 Å². The number of nitro groups is 1. The molecule has 11 heteroatoms. The van der Waals surface area contributed by atoms with Crippen LogP contribution >= 0.6 is 11.3 Å². The van der Waals surface area contributed by atoms with Crippen molar-refractivity contribution in [1.82, 2.24) is 4.57 Å². The van der Waals surface area contributed by atoms with E-state index in [4.69, 9.17) is 14.2 Å². The van der Waals surface area contributed by atoms with Gasteiger partial charge in [-0.15, -0.1) is 0 Å². The van der Waals surface area contributed by atoms with E-state index in [0.717, 1.165) is 5.56 Å². The topological polar surface area (TPSA) is 122 Å². The van der Waals surface area contributed by atoms with Crippen LogP contribution in [-0.4, -0.2) is 28.7 Å². The van der Waals surface area contributed by atoms with E-state index in [0.29, 0.717) is 49.8 Å².